The molecule has 0 radical (unpaired) electrons. The molecule has 2 fully saturated rings. The van der Waals surface area contributed by atoms with Crippen molar-refractivity contribution in [1.29, 1.82) is 0 Å². The molecule has 0 unspecified atom stereocenters. The van der Waals surface area contributed by atoms with Crippen molar-refractivity contribution in [3.63, 3.8) is 0 Å². The maximum Gasteiger partial charge on any atom is 0.233 e. The maximum atomic E-state index is 12.2. The minimum Gasteiger partial charge on any atom is -0.377 e. The molecule has 2 aliphatic rings. The van der Waals surface area contributed by atoms with Crippen LogP contribution in [0.15, 0.2) is 4.34 Å². The van der Waals surface area contributed by atoms with Crippen LogP contribution in [0.25, 0.3) is 0 Å². The zero-order valence-electron chi connectivity index (χ0n) is 12.4. The van der Waals surface area contributed by atoms with Crippen molar-refractivity contribution in [2.45, 2.75) is 23.3 Å². The average Bonchev–Trinajstić information content (AvgIpc) is 3.17. The molecule has 0 aliphatic carbocycles. The summed E-state index contributed by atoms with van der Waals surface area (Å²) < 4.78 is 6.42. The van der Waals surface area contributed by atoms with Crippen LogP contribution in [0.1, 0.15) is 12.8 Å². The Morgan fingerprint density at radius 1 is 1.36 bits per heavy atom. The number of nitrogens with zero attached hydrogens (tertiary/aromatic N) is 4. The predicted molar refractivity (Wildman–Crippen MR) is 87.0 cm³/mol. The van der Waals surface area contributed by atoms with Gasteiger partial charge in [-0.05, 0) is 12.8 Å². The molecule has 22 heavy (non-hydrogen) atoms. The zero-order chi connectivity index (χ0) is 15.4. The second-order valence-electron chi connectivity index (χ2n) is 5.51. The van der Waals surface area contributed by atoms with Crippen LogP contribution in [0.3, 0.4) is 0 Å². The van der Waals surface area contributed by atoms with Gasteiger partial charge in [-0.15, -0.1) is 10.2 Å². The summed E-state index contributed by atoms with van der Waals surface area (Å²) in [5, 5.41) is 8.11. The van der Waals surface area contributed by atoms with E-state index in [4.69, 9.17) is 10.5 Å². The van der Waals surface area contributed by atoms with E-state index in [0.717, 1.165) is 43.7 Å². The van der Waals surface area contributed by atoms with Crippen molar-refractivity contribution in [1.82, 2.24) is 20.0 Å². The number of nitrogen functional groups attached to an aromatic ring is 1. The van der Waals surface area contributed by atoms with Crippen LogP contribution in [-0.4, -0.2) is 77.1 Å². The molecule has 0 spiro atoms. The van der Waals surface area contributed by atoms with Crippen LogP contribution < -0.4 is 5.73 Å². The highest BCUT2D eigenvalue weighted by molar-refractivity contribution is 8.01. The lowest BCUT2D eigenvalue weighted by molar-refractivity contribution is -0.130. The van der Waals surface area contributed by atoms with Gasteiger partial charge in [0.2, 0.25) is 11.0 Å². The van der Waals surface area contributed by atoms with E-state index in [2.05, 4.69) is 15.1 Å². The standard InChI is InChI=1S/C13H21N5O2S2/c14-12-15-16-13(22-12)21-9-11(19)18-5-3-17(4-6-18)8-10-2-1-7-20-10/h10H,1-9H2,(H2,14,15)/t10-/m0/s1. The molecule has 7 nitrogen and oxygen atoms in total. The number of ether oxygens (including phenoxy) is 1. The molecule has 1 atom stereocenters. The Labute approximate surface area is 138 Å². The van der Waals surface area contributed by atoms with E-state index in [-0.39, 0.29) is 5.91 Å². The van der Waals surface area contributed by atoms with E-state index in [1.807, 2.05) is 4.90 Å². The lowest BCUT2D eigenvalue weighted by Crippen LogP contribution is -2.50. The number of hydrogen-bond donors (Lipinski definition) is 1. The summed E-state index contributed by atoms with van der Waals surface area (Å²) in [6, 6.07) is 0. The molecular weight excluding hydrogens is 322 g/mol. The summed E-state index contributed by atoms with van der Waals surface area (Å²) in [5.74, 6) is 0.566. The fourth-order valence-corrected chi connectivity index (χ4v) is 4.29. The summed E-state index contributed by atoms with van der Waals surface area (Å²) in [5.41, 5.74) is 5.53. The largest absolute Gasteiger partial charge is 0.377 e. The number of thioether (sulfide) groups is 1. The van der Waals surface area contributed by atoms with Crippen molar-refractivity contribution in [2.24, 2.45) is 0 Å². The molecule has 1 amide bonds. The quantitative estimate of drug-likeness (QED) is 0.781. The van der Waals surface area contributed by atoms with Gasteiger partial charge in [0.05, 0.1) is 11.9 Å². The molecule has 0 aromatic carbocycles. The van der Waals surface area contributed by atoms with E-state index >= 15 is 0 Å². The minimum atomic E-state index is 0.163. The van der Waals surface area contributed by atoms with Gasteiger partial charge in [-0.25, -0.2) is 0 Å². The second kappa shape index (κ2) is 7.58. The van der Waals surface area contributed by atoms with Crippen LogP contribution >= 0.6 is 23.1 Å². The SMILES string of the molecule is Nc1nnc(SCC(=O)N2CCN(C[C@@H]3CCCO3)CC2)s1. The highest BCUT2D eigenvalue weighted by atomic mass is 32.2. The fourth-order valence-electron chi connectivity index (χ4n) is 2.75. The summed E-state index contributed by atoms with van der Waals surface area (Å²) in [6.45, 7) is 5.36. The highest BCUT2D eigenvalue weighted by Gasteiger charge is 2.24. The summed E-state index contributed by atoms with van der Waals surface area (Å²) in [4.78, 5) is 16.6. The summed E-state index contributed by atoms with van der Waals surface area (Å²) >= 11 is 2.73. The molecule has 0 bridgehead atoms. The first-order valence-electron chi connectivity index (χ1n) is 7.54. The Kier molecular flexibility index (Phi) is 5.51. The molecule has 2 N–H and O–H groups in total. The first-order valence-corrected chi connectivity index (χ1v) is 9.34. The molecule has 1 aromatic heterocycles. The number of rotatable bonds is 5. The molecule has 2 aliphatic heterocycles. The lowest BCUT2D eigenvalue weighted by atomic mass is 10.2. The number of anilines is 1. The van der Waals surface area contributed by atoms with E-state index in [1.54, 1.807) is 0 Å². The van der Waals surface area contributed by atoms with Gasteiger partial charge in [0.1, 0.15) is 0 Å². The van der Waals surface area contributed by atoms with Crippen LogP contribution in [0, 0.1) is 0 Å². The Bertz CT molecular complexity index is 498. The number of hydrogen-bond acceptors (Lipinski definition) is 8. The van der Waals surface area contributed by atoms with Crippen molar-refractivity contribution in [2.75, 3.05) is 50.8 Å². The van der Waals surface area contributed by atoms with Crippen LogP contribution in [0.4, 0.5) is 5.13 Å². The molecule has 9 heteroatoms. The number of carbonyl (C=O) groups is 1. The van der Waals surface area contributed by atoms with Gasteiger partial charge in [-0.1, -0.05) is 23.1 Å². The van der Waals surface area contributed by atoms with Gasteiger partial charge in [-0.3, -0.25) is 9.69 Å². The Morgan fingerprint density at radius 3 is 2.82 bits per heavy atom. The first kappa shape index (κ1) is 16.0. The van der Waals surface area contributed by atoms with E-state index < -0.39 is 0 Å². The predicted octanol–water partition coefficient (Wildman–Crippen LogP) is 0.536. The van der Waals surface area contributed by atoms with Gasteiger partial charge in [0, 0.05) is 39.3 Å². The third kappa shape index (κ3) is 4.31. The maximum absolute atomic E-state index is 12.2. The van der Waals surface area contributed by atoms with E-state index in [9.17, 15) is 4.79 Å². The zero-order valence-corrected chi connectivity index (χ0v) is 14.1. The van der Waals surface area contributed by atoms with Gasteiger partial charge in [0.25, 0.3) is 0 Å². The van der Waals surface area contributed by atoms with Crippen LogP contribution in [0.5, 0.6) is 0 Å². The van der Waals surface area contributed by atoms with Crippen molar-refractivity contribution < 1.29 is 9.53 Å². The number of aromatic nitrogens is 2. The van der Waals surface area contributed by atoms with Crippen molar-refractivity contribution in [3.8, 4) is 0 Å². The topological polar surface area (TPSA) is 84.6 Å². The van der Waals surface area contributed by atoms with Gasteiger partial charge in [0.15, 0.2) is 4.34 Å². The number of nitrogens with two attached hydrogens (primary N) is 1. The summed E-state index contributed by atoms with van der Waals surface area (Å²) in [7, 11) is 0. The fraction of sp³-hybridized carbons (Fsp3) is 0.769. The van der Waals surface area contributed by atoms with Crippen LogP contribution in [-0.2, 0) is 9.53 Å². The van der Waals surface area contributed by atoms with Gasteiger partial charge < -0.3 is 15.4 Å². The number of carbonyl (C=O) groups excluding carboxylic acids is 1. The van der Waals surface area contributed by atoms with E-state index in [1.165, 1.54) is 35.9 Å². The molecule has 3 heterocycles. The molecular formula is C13H21N5O2S2. The molecule has 2 saturated heterocycles. The van der Waals surface area contributed by atoms with Gasteiger partial charge in [-0.2, -0.15) is 0 Å². The van der Waals surface area contributed by atoms with Gasteiger partial charge >= 0.3 is 0 Å². The number of amides is 1. The molecule has 122 valence electrons. The highest BCUT2D eigenvalue weighted by Crippen LogP contribution is 2.23. The molecule has 3 rings (SSSR count). The number of piperazine rings is 1. The lowest BCUT2D eigenvalue weighted by Gasteiger charge is -2.35. The van der Waals surface area contributed by atoms with Crippen molar-refractivity contribution in [3.05, 3.63) is 0 Å². The summed E-state index contributed by atoms with van der Waals surface area (Å²) in [6.07, 6.45) is 2.73. The molecule has 0 saturated carbocycles. The first-order chi connectivity index (χ1) is 10.7. The average molecular weight is 343 g/mol. The third-order valence-corrected chi connectivity index (χ3v) is 5.82. The smallest absolute Gasteiger partial charge is 0.233 e. The van der Waals surface area contributed by atoms with Crippen LogP contribution in [0.2, 0.25) is 0 Å². The third-order valence-electron chi connectivity index (χ3n) is 3.95. The Balaban J connectivity index is 1.37. The Hall–Kier alpha value is -0.900. The minimum absolute atomic E-state index is 0.163. The molecule has 1 aromatic rings. The van der Waals surface area contributed by atoms with E-state index in [0.29, 0.717) is 17.0 Å². The van der Waals surface area contributed by atoms with Crippen molar-refractivity contribution >= 4 is 34.1 Å². The monoisotopic (exact) mass is 343 g/mol. The second-order valence-corrected chi connectivity index (χ2v) is 7.74. The Morgan fingerprint density at radius 2 is 2.18 bits per heavy atom. The normalized spacial score (nSPS) is 23.1.